The van der Waals surface area contributed by atoms with Crippen molar-refractivity contribution in [2.45, 2.75) is 12.3 Å². The molecule has 5 nitrogen and oxygen atoms in total. The standard InChI is InChI=1S/C16H7Cl2F7N2O3/c17-6-5-11(30-16(24,25)15(21,22)23)7(18)4-10(6)26-14(29)27-13(28)12-8(19)2-1-3-9(12)20/h1-5H,(H2,26,27,28,29). The van der Waals surface area contributed by atoms with Gasteiger partial charge in [0.25, 0.3) is 5.91 Å². The monoisotopic (exact) mass is 478 g/mol. The molecule has 0 fully saturated rings. The fourth-order valence-electron chi connectivity index (χ4n) is 1.93. The zero-order valence-corrected chi connectivity index (χ0v) is 15.5. The highest BCUT2D eigenvalue weighted by Crippen LogP contribution is 2.41. The van der Waals surface area contributed by atoms with E-state index in [2.05, 4.69) is 4.74 Å². The third-order valence-electron chi connectivity index (χ3n) is 3.25. The fourth-order valence-corrected chi connectivity index (χ4v) is 2.34. The number of imide groups is 1. The normalized spacial score (nSPS) is 11.8. The lowest BCUT2D eigenvalue weighted by Gasteiger charge is -2.21. The van der Waals surface area contributed by atoms with Crippen LogP contribution in [0.25, 0.3) is 0 Å². The van der Waals surface area contributed by atoms with Crippen molar-refractivity contribution in [1.82, 2.24) is 5.32 Å². The Hall–Kier alpha value is -2.73. The van der Waals surface area contributed by atoms with Crippen molar-refractivity contribution in [2.75, 3.05) is 5.32 Å². The predicted molar refractivity (Wildman–Crippen MR) is 90.9 cm³/mol. The van der Waals surface area contributed by atoms with Gasteiger partial charge in [-0.2, -0.15) is 22.0 Å². The molecule has 0 aliphatic heterocycles. The van der Waals surface area contributed by atoms with E-state index in [9.17, 15) is 40.3 Å². The van der Waals surface area contributed by atoms with Gasteiger partial charge in [0.05, 0.1) is 15.7 Å². The summed E-state index contributed by atoms with van der Waals surface area (Å²) < 4.78 is 93.2. The van der Waals surface area contributed by atoms with E-state index in [-0.39, 0.29) is 0 Å². The first-order chi connectivity index (χ1) is 13.7. The molecule has 0 aliphatic rings. The molecule has 0 saturated heterocycles. The van der Waals surface area contributed by atoms with Crippen LogP contribution in [0.1, 0.15) is 10.4 Å². The van der Waals surface area contributed by atoms with Crippen LogP contribution >= 0.6 is 23.2 Å². The number of ether oxygens (including phenoxy) is 1. The van der Waals surface area contributed by atoms with E-state index in [1.807, 2.05) is 5.32 Å². The van der Waals surface area contributed by atoms with E-state index < -0.39 is 62.9 Å². The van der Waals surface area contributed by atoms with Crippen LogP contribution in [0.4, 0.5) is 41.2 Å². The number of carbonyl (C=O) groups excluding carboxylic acids is 2. The van der Waals surface area contributed by atoms with Crippen LogP contribution in [0.3, 0.4) is 0 Å². The maximum atomic E-state index is 13.5. The summed E-state index contributed by atoms with van der Waals surface area (Å²) in [4.78, 5) is 23.7. The maximum Gasteiger partial charge on any atom is 0.499 e. The first kappa shape index (κ1) is 23.5. The van der Waals surface area contributed by atoms with Crippen LogP contribution in [0.2, 0.25) is 10.0 Å². The molecular formula is C16H7Cl2F7N2O3. The molecular weight excluding hydrogens is 472 g/mol. The van der Waals surface area contributed by atoms with E-state index in [4.69, 9.17) is 23.2 Å². The van der Waals surface area contributed by atoms with E-state index in [1.165, 1.54) is 0 Å². The molecule has 2 N–H and O–H groups in total. The third-order valence-corrected chi connectivity index (χ3v) is 3.86. The second kappa shape index (κ2) is 8.56. The second-order valence-corrected chi connectivity index (χ2v) is 6.20. The third kappa shape index (κ3) is 5.25. The number of benzene rings is 2. The number of amides is 3. The van der Waals surface area contributed by atoms with Crippen molar-refractivity contribution in [1.29, 1.82) is 0 Å². The molecule has 0 heterocycles. The minimum atomic E-state index is -6.04. The molecule has 2 rings (SSSR count). The highest BCUT2D eigenvalue weighted by molar-refractivity contribution is 6.36. The number of rotatable bonds is 4. The quantitative estimate of drug-likeness (QED) is 0.548. The molecule has 0 saturated carbocycles. The lowest BCUT2D eigenvalue weighted by atomic mass is 10.2. The number of halogens is 9. The number of hydrogen-bond acceptors (Lipinski definition) is 3. The van der Waals surface area contributed by atoms with Crippen molar-refractivity contribution in [3.05, 3.63) is 57.6 Å². The maximum absolute atomic E-state index is 13.5. The Morgan fingerprint density at radius 3 is 2.03 bits per heavy atom. The van der Waals surface area contributed by atoms with Crippen LogP contribution in [0.15, 0.2) is 30.3 Å². The van der Waals surface area contributed by atoms with Gasteiger partial charge in [0.1, 0.15) is 22.9 Å². The summed E-state index contributed by atoms with van der Waals surface area (Å²) in [5.41, 5.74) is -1.50. The van der Waals surface area contributed by atoms with Crippen molar-refractivity contribution in [2.24, 2.45) is 0 Å². The van der Waals surface area contributed by atoms with Gasteiger partial charge in [0.15, 0.2) is 0 Å². The molecule has 0 bridgehead atoms. The van der Waals surface area contributed by atoms with Gasteiger partial charge < -0.3 is 10.1 Å². The van der Waals surface area contributed by atoms with Crippen LogP contribution in [0, 0.1) is 11.6 Å². The Kier molecular flexibility index (Phi) is 6.72. The summed E-state index contributed by atoms with van der Waals surface area (Å²) in [5.74, 6) is -5.13. The number of nitrogens with one attached hydrogen (secondary N) is 2. The van der Waals surface area contributed by atoms with Crippen LogP contribution in [-0.2, 0) is 0 Å². The van der Waals surface area contributed by atoms with E-state index in [0.29, 0.717) is 12.1 Å². The summed E-state index contributed by atoms with van der Waals surface area (Å²) in [6.45, 7) is 0. The van der Waals surface area contributed by atoms with Crippen LogP contribution in [-0.4, -0.2) is 24.2 Å². The zero-order chi connectivity index (χ0) is 22.9. The molecule has 14 heteroatoms. The average Bonchev–Trinajstić information content (AvgIpc) is 2.57. The Morgan fingerprint density at radius 2 is 1.50 bits per heavy atom. The largest absolute Gasteiger partial charge is 0.499 e. The smallest absolute Gasteiger partial charge is 0.424 e. The van der Waals surface area contributed by atoms with Gasteiger partial charge in [-0.1, -0.05) is 29.3 Å². The highest BCUT2D eigenvalue weighted by atomic mass is 35.5. The Bertz CT molecular complexity index is 979. The molecule has 2 aromatic rings. The molecule has 0 radical (unpaired) electrons. The summed E-state index contributed by atoms with van der Waals surface area (Å²) in [7, 11) is 0. The fraction of sp³-hybridized carbons (Fsp3) is 0.125. The average molecular weight is 479 g/mol. The summed E-state index contributed by atoms with van der Waals surface area (Å²) in [6, 6.07) is 2.26. The lowest BCUT2D eigenvalue weighted by Crippen LogP contribution is -2.42. The molecule has 3 amide bonds. The minimum absolute atomic E-state index is 0.441. The number of alkyl halides is 5. The summed E-state index contributed by atoms with van der Waals surface area (Å²) >= 11 is 11.2. The number of hydrogen-bond donors (Lipinski definition) is 2. The number of carbonyl (C=O) groups is 2. The Balaban J connectivity index is 2.16. The van der Waals surface area contributed by atoms with Gasteiger partial charge in [0.2, 0.25) is 0 Å². The van der Waals surface area contributed by atoms with E-state index >= 15 is 0 Å². The Labute approximate surface area is 172 Å². The van der Waals surface area contributed by atoms with Gasteiger partial charge in [-0.3, -0.25) is 10.1 Å². The van der Waals surface area contributed by atoms with Gasteiger partial charge >= 0.3 is 18.3 Å². The lowest BCUT2D eigenvalue weighted by molar-refractivity contribution is -0.360. The van der Waals surface area contributed by atoms with Gasteiger partial charge in [-0.25, -0.2) is 13.6 Å². The van der Waals surface area contributed by atoms with Gasteiger partial charge in [0, 0.05) is 6.07 Å². The first-order valence-electron chi connectivity index (χ1n) is 7.42. The number of urea groups is 1. The SMILES string of the molecule is O=C(NC(=O)c1c(F)cccc1F)Nc1cc(Cl)c(OC(F)(F)C(F)(F)F)cc1Cl. The topological polar surface area (TPSA) is 67.4 Å². The van der Waals surface area contributed by atoms with Crippen molar-refractivity contribution >= 4 is 40.8 Å². The van der Waals surface area contributed by atoms with Gasteiger partial charge in [-0.15, -0.1) is 0 Å². The van der Waals surface area contributed by atoms with Crippen molar-refractivity contribution in [3.8, 4) is 5.75 Å². The minimum Gasteiger partial charge on any atom is -0.424 e. The summed E-state index contributed by atoms with van der Waals surface area (Å²) in [5, 5.41) is 2.08. The molecule has 0 unspecified atom stereocenters. The molecule has 162 valence electrons. The Morgan fingerprint density at radius 1 is 0.933 bits per heavy atom. The molecule has 0 atom stereocenters. The number of anilines is 1. The van der Waals surface area contributed by atoms with Crippen LogP contribution in [0.5, 0.6) is 5.75 Å². The molecule has 2 aromatic carbocycles. The predicted octanol–water partition coefficient (Wildman–Crippen LogP) is 5.77. The highest BCUT2D eigenvalue weighted by Gasteiger charge is 2.61. The molecule has 0 aromatic heterocycles. The van der Waals surface area contributed by atoms with Crippen molar-refractivity contribution in [3.63, 3.8) is 0 Å². The molecule has 0 aliphatic carbocycles. The van der Waals surface area contributed by atoms with Crippen LogP contribution < -0.4 is 15.4 Å². The first-order valence-corrected chi connectivity index (χ1v) is 8.17. The summed E-state index contributed by atoms with van der Waals surface area (Å²) in [6.07, 6.45) is -11.6. The van der Waals surface area contributed by atoms with E-state index in [0.717, 1.165) is 18.2 Å². The second-order valence-electron chi connectivity index (χ2n) is 5.38. The molecule has 30 heavy (non-hydrogen) atoms. The van der Waals surface area contributed by atoms with Crippen molar-refractivity contribution < 1.29 is 45.1 Å². The van der Waals surface area contributed by atoms with E-state index in [1.54, 1.807) is 5.32 Å². The molecule has 0 spiro atoms. The zero-order valence-electron chi connectivity index (χ0n) is 14.0. The van der Waals surface area contributed by atoms with Gasteiger partial charge in [-0.05, 0) is 18.2 Å².